The second-order valence-electron chi connectivity index (χ2n) is 1.70. The van der Waals surface area contributed by atoms with Crippen molar-refractivity contribution in [1.82, 2.24) is 0 Å². The maximum Gasteiger partial charge on any atom is 0.330 e. The highest BCUT2D eigenvalue weighted by molar-refractivity contribution is 6.00. The minimum absolute atomic E-state index is 0.491. The van der Waals surface area contributed by atoms with Crippen molar-refractivity contribution in [2.45, 2.75) is 6.92 Å². The number of methoxy groups -OCH3 is 1. The minimum atomic E-state index is -1.26. The van der Waals surface area contributed by atoms with Gasteiger partial charge in [-0.2, -0.15) is 5.26 Å². The predicted octanol–water partition coefficient (Wildman–Crippen LogP) is -0.112. The highest BCUT2D eigenvalue weighted by atomic mass is 16.5. The first-order chi connectivity index (χ1) is 4.63. The Balaban J connectivity index is 4.25. The van der Waals surface area contributed by atoms with Gasteiger partial charge in [0.05, 0.1) is 13.2 Å². The Hall–Kier alpha value is -1.37. The van der Waals surface area contributed by atoms with E-state index in [2.05, 4.69) is 4.74 Å². The van der Waals surface area contributed by atoms with Crippen molar-refractivity contribution in [3.05, 3.63) is 0 Å². The topological polar surface area (TPSA) is 67.2 Å². The summed E-state index contributed by atoms with van der Waals surface area (Å²) in [5.41, 5.74) is 0. The van der Waals surface area contributed by atoms with Gasteiger partial charge >= 0.3 is 5.97 Å². The zero-order valence-corrected chi connectivity index (χ0v) is 5.75. The summed E-state index contributed by atoms with van der Waals surface area (Å²) in [7, 11) is 1.13. The first kappa shape index (κ1) is 8.63. The molecule has 4 heteroatoms. The van der Waals surface area contributed by atoms with E-state index < -0.39 is 17.7 Å². The maximum absolute atomic E-state index is 10.5. The summed E-state index contributed by atoms with van der Waals surface area (Å²) in [5, 5.41) is 8.23. The molecule has 0 saturated heterocycles. The molecule has 0 heterocycles. The molecule has 0 rings (SSSR count). The fraction of sp³-hybridized carbons (Fsp3) is 0.500. The van der Waals surface area contributed by atoms with Crippen LogP contribution in [0.25, 0.3) is 0 Å². The van der Waals surface area contributed by atoms with Gasteiger partial charge < -0.3 is 4.74 Å². The van der Waals surface area contributed by atoms with Crippen LogP contribution in [0.4, 0.5) is 0 Å². The van der Waals surface area contributed by atoms with Gasteiger partial charge in [0, 0.05) is 0 Å². The summed E-state index contributed by atoms with van der Waals surface area (Å²) < 4.78 is 4.18. The van der Waals surface area contributed by atoms with Crippen LogP contribution in [-0.4, -0.2) is 18.9 Å². The summed E-state index contributed by atoms with van der Waals surface area (Å²) in [4.78, 5) is 21.0. The number of hydrogen-bond donors (Lipinski definition) is 0. The normalized spacial score (nSPS) is 11.3. The Bertz CT molecular complexity index is 192. The van der Waals surface area contributed by atoms with Crippen LogP contribution in [0.5, 0.6) is 0 Å². The quantitative estimate of drug-likeness (QED) is 0.397. The lowest BCUT2D eigenvalue weighted by Gasteiger charge is -1.99. The van der Waals surface area contributed by atoms with Gasteiger partial charge in [-0.1, -0.05) is 0 Å². The average molecular weight is 141 g/mol. The van der Waals surface area contributed by atoms with Crippen LogP contribution in [0.3, 0.4) is 0 Å². The number of esters is 1. The maximum atomic E-state index is 10.5. The Labute approximate surface area is 58.4 Å². The van der Waals surface area contributed by atoms with Gasteiger partial charge in [0.25, 0.3) is 0 Å². The number of hydrogen-bond acceptors (Lipinski definition) is 4. The zero-order valence-electron chi connectivity index (χ0n) is 5.75. The molecule has 0 aliphatic carbocycles. The van der Waals surface area contributed by atoms with E-state index in [0.717, 1.165) is 7.11 Å². The summed E-state index contributed by atoms with van der Waals surface area (Å²) in [6.45, 7) is 1.17. The van der Waals surface area contributed by atoms with Gasteiger partial charge in [-0.15, -0.1) is 0 Å². The molecule has 0 radical (unpaired) electrons. The number of nitrogens with zero attached hydrogens (tertiary/aromatic N) is 1. The fourth-order valence-electron chi connectivity index (χ4n) is 0.427. The largest absolute Gasteiger partial charge is 0.468 e. The summed E-state index contributed by atoms with van der Waals surface area (Å²) in [6.07, 6.45) is 0. The van der Waals surface area contributed by atoms with E-state index in [1.54, 1.807) is 0 Å². The van der Waals surface area contributed by atoms with E-state index in [4.69, 9.17) is 5.26 Å². The molecule has 0 fully saturated rings. The number of carbonyl (C=O) groups excluding carboxylic acids is 2. The van der Waals surface area contributed by atoms with E-state index in [-0.39, 0.29) is 0 Å². The highest BCUT2D eigenvalue weighted by Crippen LogP contribution is 1.97. The highest BCUT2D eigenvalue weighted by Gasteiger charge is 2.22. The van der Waals surface area contributed by atoms with Crippen molar-refractivity contribution in [3.63, 3.8) is 0 Å². The molecule has 0 N–H and O–H groups in total. The van der Waals surface area contributed by atoms with Crippen LogP contribution in [-0.2, 0) is 14.3 Å². The Kier molecular flexibility index (Phi) is 3.12. The first-order valence-electron chi connectivity index (χ1n) is 2.61. The number of nitriles is 1. The van der Waals surface area contributed by atoms with Crippen molar-refractivity contribution in [2.24, 2.45) is 5.92 Å². The number of rotatable bonds is 2. The number of carbonyl (C=O) groups is 2. The van der Waals surface area contributed by atoms with Crippen LogP contribution < -0.4 is 0 Å². The fourth-order valence-corrected chi connectivity index (χ4v) is 0.427. The molecule has 0 aromatic heterocycles. The molecule has 0 saturated carbocycles. The second kappa shape index (κ2) is 3.62. The van der Waals surface area contributed by atoms with Crippen LogP contribution >= 0.6 is 0 Å². The monoisotopic (exact) mass is 141 g/mol. The van der Waals surface area contributed by atoms with Gasteiger partial charge in [0.15, 0.2) is 5.78 Å². The van der Waals surface area contributed by atoms with E-state index in [9.17, 15) is 9.59 Å². The van der Waals surface area contributed by atoms with E-state index in [1.165, 1.54) is 13.0 Å². The van der Waals surface area contributed by atoms with Crippen molar-refractivity contribution in [3.8, 4) is 6.07 Å². The first-order valence-corrected chi connectivity index (χ1v) is 2.61. The van der Waals surface area contributed by atoms with E-state index >= 15 is 0 Å². The summed E-state index contributed by atoms with van der Waals surface area (Å²) >= 11 is 0. The third-order valence-electron chi connectivity index (χ3n) is 0.973. The zero-order chi connectivity index (χ0) is 8.15. The third-order valence-corrected chi connectivity index (χ3v) is 0.973. The number of ether oxygens (including phenoxy) is 1. The SMILES string of the molecule is COC(=O)C(C#N)C(C)=O. The molecular formula is C6H7NO3. The second-order valence-corrected chi connectivity index (χ2v) is 1.70. The van der Waals surface area contributed by atoms with E-state index in [0.29, 0.717) is 0 Å². The molecule has 0 aliphatic heterocycles. The lowest BCUT2D eigenvalue weighted by Crippen LogP contribution is -2.21. The van der Waals surface area contributed by atoms with Gasteiger partial charge in [0.2, 0.25) is 5.92 Å². The van der Waals surface area contributed by atoms with Crippen LogP contribution in [0.1, 0.15) is 6.92 Å². The smallest absolute Gasteiger partial charge is 0.330 e. The van der Waals surface area contributed by atoms with Crippen LogP contribution in [0.2, 0.25) is 0 Å². The molecule has 0 bridgehead atoms. The van der Waals surface area contributed by atoms with Crippen LogP contribution in [0.15, 0.2) is 0 Å². The van der Waals surface area contributed by atoms with Crippen molar-refractivity contribution < 1.29 is 14.3 Å². The van der Waals surface area contributed by atoms with Gasteiger partial charge in [-0.05, 0) is 6.92 Å². The third kappa shape index (κ3) is 1.86. The lowest BCUT2D eigenvalue weighted by atomic mass is 10.1. The number of Topliss-reactive ketones (excluding diaryl/α,β-unsaturated/α-hetero) is 1. The standard InChI is InChI=1S/C6H7NO3/c1-4(8)5(3-7)6(9)10-2/h5H,1-2H3. The molecular weight excluding hydrogens is 134 g/mol. The molecule has 0 aromatic carbocycles. The van der Waals surface area contributed by atoms with Gasteiger partial charge in [-0.3, -0.25) is 9.59 Å². The van der Waals surface area contributed by atoms with Crippen LogP contribution in [0, 0.1) is 17.2 Å². The van der Waals surface area contributed by atoms with Crippen molar-refractivity contribution >= 4 is 11.8 Å². The molecule has 0 aliphatic rings. The Morgan fingerprint density at radius 2 is 2.10 bits per heavy atom. The van der Waals surface area contributed by atoms with Gasteiger partial charge in [0.1, 0.15) is 0 Å². The average Bonchev–Trinajstić information content (AvgIpc) is 1.88. The molecule has 1 atom stereocenters. The minimum Gasteiger partial charge on any atom is -0.468 e. The lowest BCUT2D eigenvalue weighted by molar-refractivity contribution is -0.146. The molecule has 10 heavy (non-hydrogen) atoms. The van der Waals surface area contributed by atoms with Crippen molar-refractivity contribution in [1.29, 1.82) is 5.26 Å². The molecule has 4 nitrogen and oxygen atoms in total. The molecule has 54 valence electrons. The predicted molar refractivity (Wildman–Crippen MR) is 31.8 cm³/mol. The Morgan fingerprint density at radius 3 is 2.20 bits per heavy atom. The Morgan fingerprint density at radius 1 is 1.60 bits per heavy atom. The van der Waals surface area contributed by atoms with Crippen molar-refractivity contribution in [2.75, 3.05) is 7.11 Å². The molecule has 0 aromatic rings. The molecule has 0 spiro atoms. The number of ketones is 1. The van der Waals surface area contributed by atoms with E-state index in [1.807, 2.05) is 0 Å². The summed E-state index contributed by atoms with van der Waals surface area (Å²) in [5.74, 6) is -2.55. The van der Waals surface area contributed by atoms with Gasteiger partial charge in [-0.25, -0.2) is 0 Å². The molecule has 0 amide bonds. The molecule has 1 unspecified atom stereocenters. The summed E-state index contributed by atoms with van der Waals surface area (Å²) in [6, 6.07) is 1.53.